The summed E-state index contributed by atoms with van der Waals surface area (Å²) >= 11 is 1.84. The van der Waals surface area contributed by atoms with E-state index in [-0.39, 0.29) is 0 Å². The molecule has 1 aromatic carbocycles. The molecular formula is C15H20N2S. The average molecular weight is 260 g/mol. The first-order valence-corrected chi connectivity index (χ1v) is 7.41. The highest BCUT2D eigenvalue weighted by Gasteiger charge is 2.08. The second-order valence-corrected chi connectivity index (χ2v) is 5.90. The lowest BCUT2D eigenvalue weighted by Crippen LogP contribution is -2.05. The van der Waals surface area contributed by atoms with Gasteiger partial charge in [0.25, 0.3) is 0 Å². The Morgan fingerprint density at radius 3 is 2.78 bits per heavy atom. The Morgan fingerprint density at radius 2 is 2.06 bits per heavy atom. The van der Waals surface area contributed by atoms with Crippen LogP contribution in [0, 0.1) is 5.92 Å². The summed E-state index contributed by atoms with van der Waals surface area (Å²) in [7, 11) is 0. The van der Waals surface area contributed by atoms with Crippen molar-refractivity contribution in [1.82, 2.24) is 4.98 Å². The third-order valence-corrected chi connectivity index (χ3v) is 4.19. The van der Waals surface area contributed by atoms with E-state index in [1.807, 2.05) is 17.8 Å². The number of nitrogens with zero attached hydrogens (tertiary/aromatic N) is 1. The molecule has 0 saturated carbocycles. The fraction of sp³-hybridized carbons (Fsp3) is 0.400. The molecule has 0 aliphatic carbocycles. The number of fused-ring (bicyclic) bond motifs is 1. The van der Waals surface area contributed by atoms with Crippen LogP contribution in [0.5, 0.6) is 0 Å². The van der Waals surface area contributed by atoms with E-state index in [1.54, 1.807) is 0 Å². The molecule has 0 radical (unpaired) electrons. The molecule has 2 N–H and O–H groups in total. The predicted octanol–water partition coefficient (Wildman–Crippen LogP) is 3.48. The van der Waals surface area contributed by atoms with E-state index in [0.717, 1.165) is 22.7 Å². The Balaban J connectivity index is 2.37. The molecule has 1 aromatic heterocycles. The summed E-state index contributed by atoms with van der Waals surface area (Å²) in [4.78, 5) is 4.77. The molecule has 0 unspecified atom stereocenters. The largest absolute Gasteiger partial charge is 0.330 e. The molecule has 0 aliphatic heterocycles. The normalized spacial score (nSPS) is 11.3. The highest BCUT2D eigenvalue weighted by molar-refractivity contribution is 7.99. The van der Waals surface area contributed by atoms with Gasteiger partial charge in [0.1, 0.15) is 0 Å². The highest BCUT2D eigenvalue weighted by atomic mass is 32.2. The number of nitrogens with two attached hydrogens (primary N) is 1. The van der Waals surface area contributed by atoms with Crippen LogP contribution in [0.4, 0.5) is 0 Å². The zero-order chi connectivity index (χ0) is 13.0. The first-order valence-electron chi connectivity index (χ1n) is 6.42. The first-order chi connectivity index (χ1) is 8.70. The van der Waals surface area contributed by atoms with Crippen LogP contribution in [0.25, 0.3) is 10.9 Å². The summed E-state index contributed by atoms with van der Waals surface area (Å²) in [6.07, 6.45) is 0.901. The maximum atomic E-state index is 5.69. The van der Waals surface area contributed by atoms with E-state index < -0.39 is 0 Å². The smallest absolute Gasteiger partial charge is 0.1000 e. The average Bonchev–Trinajstić information content (AvgIpc) is 2.36. The molecule has 18 heavy (non-hydrogen) atoms. The second kappa shape index (κ2) is 6.21. The van der Waals surface area contributed by atoms with Gasteiger partial charge in [-0.2, -0.15) is 0 Å². The third-order valence-electron chi connectivity index (χ3n) is 2.73. The zero-order valence-corrected chi connectivity index (χ0v) is 11.8. The van der Waals surface area contributed by atoms with Crippen molar-refractivity contribution in [2.45, 2.75) is 25.3 Å². The third kappa shape index (κ3) is 3.24. The Kier molecular flexibility index (Phi) is 4.61. The van der Waals surface area contributed by atoms with Crippen molar-refractivity contribution in [2.24, 2.45) is 11.7 Å². The van der Waals surface area contributed by atoms with Crippen molar-refractivity contribution in [3.05, 3.63) is 35.9 Å². The van der Waals surface area contributed by atoms with Crippen molar-refractivity contribution in [3.63, 3.8) is 0 Å². The SMILES string of the molecule is CC(C)CSc1nc2ccccc2cc1CCN. The lowest BCUT2D eigenvalue weighted by Gasteiger charge is -2.10. The molecule has 0 fully saturated rings. The van der Waals surface area contributed by atoms with Crippen LogP contribution >= 0.6 is 11.8 Å². The number of pyridine rings is 1. The number of thioether (sulfide) groups is 1. The lowest BCUT2D eigenvalue weighted by molar-refractivity contribution is 0.749. The minimum atomic E-state index is 0.675. The summed E-state index contributed by atoms with van der Waals surface area (Å²) < 4.78 is 0. The van der Waals surface area contributed by atoms with Crippen LogP contribution in [-0.4, -0.2) is 17.3 Å². The monoisotopic (exact) mass is 260 g/mol. The first kappa shape index (κ1) is 13.4. The molecule has 96 valence electrons. The highest BCUT2D eigenvalue weighted by Crippen LogP contribution is 2.26. The van der Waals surface area contributed by atoms with Gasteiger partial charge in [0.2, 0.25) is 0 Å². The van der Waals surface area contributed by atoms with E-state index in [0.29, 0.717) is 12.5 Å². The number of aromatic nitrogens is 1. The number of benzene rings is 1. The van der Waals surface area contributed by atoms with Gasteiger partial charge in [-0.25, -0.2) is 4.98 Å². The van der Waals surface area contributed by atoms with Crippen molar-refractivity contribution >= 4 is 22.7 Å². The van der Waals surface area contributed by atoms with E-state index in [9.17, 15) is 0 Å². The van der Waals surface area contributed by atoms with Crippen LogP contribution in [0.1, 0.15) is 19.4 Å². The molecule has 0 amide bonds. The van der Waals surface area contributed by atoms with Gasteiger partial charge in [0.05, 0.1) is 10.5 Å². The van der Waals surface area contributed by atoms with Gasteiger partial charge in [0.15, 0.2) is 0 Å². The van der Waals surface area contributed by atoms with Crippen LogP contribution in [-0.2, 0) is 6.42 Å². The zero-order valence-electron chi connectivity index (χ0n) is 11.0. The summed E-state index contributed by atoms with van der Waals surface area (Å²) in [6, 6.07) is 10.5. The fourth-order valence-electron chi connectivity index (χ4n) is 1.85. The van der Waals surface area contributed by atoms with Crippen molar-refractivity contribution in [3.8, 4) is 0 Å². The van der Waals surface area contributed by atoms with E-state index in [1.165, 1.54) is 10.9 Å². The fourth-order valence-corrected chi connectivity index (χ4v) is 2.85. The van der Waals surface area contributed by atoms with Gasteiger partial charge < -0.3 is 5.73 Å². The molecule has 3 heteroatoms. The summed E-state index contributed by atoms with van der Waals surface area (Å²) in [6.45, 7) is 5.14. The van der Waals surface area contributed by atoms with Gasteiger partial charge >= 0.3 is 0 Å². The van der Waals surface area contributed by atoms with Gasteiger partial charge in [-0.15, -0.1) is 11.8 Å². The molecule has 0 bridgehead atoms. The quantitative estimate of drug-likeness (QED) is 0.836. The Labute approximate surface area is 113 Å². The molecule has 0 atom stereocenters. The van der Waals surface area contributed by atoms with Gasteiger partial charge in [-0.05, 0) is 36.6 Å². The molecule has 2 aromatic rings. The van der Waals surface area contributed by atoms with Gasteiger partial charge in [-0.3, -0.25) is 0 Å². The molecule has 2 nitrogen and oxygen atoms in total. The molecule has 2 rings (SSSR count). The Morgan fingerprint density at radius 1 is 1.28 bits per heavy atom. The van der Waals surface area contributed by atoms with Crippen molar-refractivity contribution in [2.75, 3.05) is 12.3 Å². The van der Waals surface area contributed by atoms with Crippen LogP contribution in [0.3, 0.4) is 0 Å². The van der Waals surface area contributed by atoms with Crippen LogP contribution in [0.2, 0.25) is 0 Å². The van der Waals surface area contributed by atoms with Gasteiger partial charge in [-0.1, -0.05) is 32.0 Å². The van der Waals surface area contributed by atoms with E-state index in [2.05, 4.69) is 38.1 Å². The summed E-state index contributed by atoms with van der Waals surface area (Å²) in [5.41, 5.74) is 8.05. The summed E-state index contributed by atoms with van der Waals surface area (Å²) in [5.74, 6) is 1.78. The van der Waals surface area contributed by atoms with Gasteiger partial charge in [0, 0.05) is 11.1 Å². The van der Waals surface area contributed by atoms with Crippen molar-refractivity contribution < 1.29 is 0 Å². The molecule has 1 heterocycles. The number of hydrogen-bond acceptors (Lipinski definition) is 3. The predicted molar refractivity (Wildman–Crippen MR) is 80.1 cm³/mol. The minimum absolute atomic E-state index is 0.675. The summed E-state index contributed by atoms with van der Waals surface area (Å²) in [5, 5.41) is 2.35. The number of rotatable bonds is 5. The number of para-hydroxylation sites is 1. The molecule has 0 aliphatic rings. The van der Waals surface area contributed by atoms with Crippen molar-refractivity contribution in [1.29, 1.82) is 0 Å². The van der Waals surface area contributed by atoms with E-state index in [4.69, 9.17) is 10.7 Å². The molecule has 0 spiro atoms. The molecule has 0 saturated heterocycles. The standard InChI is InChI=1S/C15H20N2S/c1-11(2)10-18-15-13(7-8-16)9-12-5-3-4-6-14(12)17-15/h3-6,9,11H,7-8,10,16H2,1-2H3. The van der Waals surface area contributed by atoms with Crippen LogP contribution < -0.4 is 5.73 Å². The topological polar surface area (TPSA) is 38.9 Å². The minimum Gasteiger partial charge on any atom is -0.330 e. The second-order valence-electron chi connectivity index (χ2n) is 4.89. The van der Waals surface area contributed by atoms with Crippen LogP contribution in [0.15, 0.2) is 35.4 Å². The maximum absolute atomic E-state index is 5.69. The Bertz CT molecular complexity index is 523. The molecular weight excluding hydrogens is 240 g/mol. The lowest BCUT2D eigenvalue weighted by atomic mass is 10.1. The number of hydrogen-bond donors (Lipinski definition) is 1. The van der Waals surface area contributed by atoms with E-state index >= 15 is 0 Å². The Hall–Kier alpha value is -1.06. The maximum Gasteiger partial charge on any atom is 0.1000 e.